The molecule has 0 heterocycles. The maximum absolute atomic E-state index is 2.48. The third kappa shape index (κ3) is 22.7. The molecule has 0 aliphatic rings. The van der Waals surface area contributed by atoms with Gasteiger partial charge in [0.1, 0.15) is 0 Å². The second-order valence-corrected chi connectivity index (χ2v) is 12.9. The number of rotatable bonds is 23. The summed E-state index contributed by atoms with van der Waals surface area (Å²) >= 11 is -0.369. The van der Waals surface area contributed by atoms with E-state index in [1.165, 1.54) is 116 Å². The molecule has 0 aromatic carbocycles. The molecule has 0 rings (SSSR count). The molecule has 0 N–H and O–H groups in total. The third-order valence-corrected chi connectivity index (χ3v) is 10.1. The van der Waals surface area contributed by atoms with E-state index >= 15 is 0 Å². The van der Waals surface area contributed by atoms with Gasteiger partial charge in [-0.15, -0.1) is 0 Å². The number of hydrogen-bond donors (Lipinski definition) is 0. The molecule has 1 heteroatoms. The van der Waals surface area contributed by atoms with Crippen molar-refractivity contribution in [2.75, 3.05) is 0 Å². The first-order chi connectivity index (χ1) is 13.3. The van der Waals surface area contributed by atoms with E-state index in [0.29, 0.717) is 0 Å². The SMILES string of the molecule is CCCCCCCCCCC[CH2][Al]([CH2]C)[CH2]CCCCCCCCCCC. The predicted octanol–water partition coefficient (Wildman–Crippen LogP) is 10.3. The summed E-state index contributed by atoms with van der Waals surface area (Å²) in [7, 11) is 0. The molecule has 0 nitrogen and oxygen atoms in total. The second kappa shape index (κ2) is 24.6. The summed E-state index contributed by atoms with van der Waals surface area (Å²) in [5.41, 5.74) is 0. The van der Waals surface area contributed by atoms with Gasteiger partial charge in [-0.05, 0) is 0 Å². The lowest BCUT2D eigenvalue weighted by atomic mass is 10.1. The molecule has 0 aliphatic heterocycles. The quantitative estimate of drug-likeness (QED) is 0.119. The minimum atomic E-state index is -0.369. The Balaban J connectivity index is 3.28. The largest absolute Gasteiger partial charge is 0.261 e. The second-order valence-electron chi connectivity index (χ2n) is 9.22. The molecule has 0 amide bonds. The number of unbranched alkanes of at least 4 members (excludes halogenated alkanes) is 18. The molecule has 0 saturated carbocycles. The van der Waals surface area contributed by atoms with Gasteiger partial charge in [-0.2, -0.15) is 0 Å². The fourth-order valence-corrected chi connectivity index (χ4v) is 7.23. The van der Waals surface area contributed by atoms with Gasteiger partial charge in [0.25, 0.3) is 14.1 Å². The molecule has 0 aliphatic carbocycles. The fourth-order valence-electron chi connectivity index (χ4n) is 4.39. The van der Waals surface area contributed by atoms with E-state index in [1.54, 1.807) is 28.7 Å². The fraction of sp³-hybridized carbons (Fsp3) is 1.00. The van der Waals surface area contributed by atoms with Crippen LogP contribution >= 0.6 is 0 Å². The minimum Gasteiger partial charge on any atom is -0.0967 e. The zero-order valence-electron chi connectivity index (χ0n) is 19.8. The van der Waals surface area contributed by atoms with Crippen molar-refractivity contribution in [2.45, 2.75) is 165 Å². The molecule has 0 radical (unpaired) electrons. The summed E-state index contributed by atoms with van der Waals surface area (Å²) < 4.78 is 0. The van der Waals surface area contributed by atoms with Crippen LogP contribution in [-0.2, 0) is 0 Å². The van der Waals surface area contributed by atoms with Crippen molar-refractivity contribution in [1.82, 2.24) is 0 Å². The van der Waals surface area contributed by atoms with Crippen LogP contribution in [0.3, 0.4) is 0 Å². The van der Waals surface area contributed by atoms with Crippen molar-refractivity contribution in [3.8, 4) is 0 Å². The number of hydrogen-bond acceptors (Lipinski definition) is 0. The van der Waals surface area contributed by atoms with Gasteiger partial charge in [-0.1, -0.05) is 165 Å². The Hall–Kier alpha value is 0.532. The van der Waals surface area contributed by atoms with Gasteiger partial charge in [0.2, 0.25) is 0 Å². The van der Waals surface area contributed by atoms with Crippen LogP contribution < -0.4 is 0 Å². The van der Waals surface area contributed by atoms with E-state index in [-0.39, 0.29) is 14.1 Å². The van der Waals surface area contributed by atoms with Crippen LogP contribution in [0.5, 0.6) is 0 Å². The van der Waals surface area contributed by atoms with Gasteiger partial charge in [0, 0.05) is 0 Å². The monoisotopic (exact) mass is 394 g/mol. The third-order valence-electron chi connectivity index (χ3n) is 6.51. The Morgan fingerprint density at radius 3 is 0.852 bits per heavy atom. The molecule has 0 atom stereocenters. The van der Waals surface area contributed by atoms with E-state index in [0.717, 1.165) is 0 Å². The van der Waals surface area contributed by atoms with Crippen LogP contribution in [0.1, 0.15) is 149 Å². The van der Waals surface area contributed by atoms with Crippen LogP contribution in [0.4, 0.5) is 0 Å². The van der Waals surface area contributed by atoms with E-state index in [9.17, 15) is 0 Å². The van der Waals surface area contributed by atoms with E-state index in [4.69, 9.17) is 0 Å². The van der Waals surface area contributed by atoms with Crippen molar-refractivity contribution >= 4 is 14.1 Å². The van der Waals surface area contributed by atoms with Gasteiger partial charge < -0.3 is 0 Å². The van der Waals surface area contributed by atoms with Gasteiger partial charge in [-0.3, -0.25) is 0 Å². The van der Waals surface area contributed by atoms with Crippen LogP contribution in [0.2, 0.25) is 15.8 Å². The highest BCUT2D eigenvalue weighted by atomic mass is 27.2. The first kappa shape index (κ1) is 27.5. The molecule has 162 valence electrons. The molecule has 0 fully saturated rings. The first-order valence-electron chi connectivity index (χ1n) is 13.3. The maximum Gasteiger partial charge on any atom is 0.261 e. The van der Waals surface area contributed by atoms with E-state index in [2.05, 4.69) is 20.8 Å². The Kier molecular flexibility index (Phi) is 25.1. The van der Waals surface area contributed by atoms with Crippen molar-refractivity contribution in [3.05, 3.63) is 0 Å². The lowest BCUT2D eigenvalue weighted by molar-refractivity contribution is 0.559. The van der Waals surface area contributed by atoms with Crippen LogP contribution in [0.15, 0.2) is 0 Å². The van der Waals surface area contributed by atoms with E-state index < -0.39 is 0 Å². The molecular weight excluding hydrogens is 339 g/mol. The predicted molar refractivity (Wildman–Crippen MR) is 130 cm³/mol. The molecule has 27 heavy (non-hydrogen) atoms. The van der Waals surface area contributed by atoms with Gasteiger partial charge in [0.05, 0.1) is 0 Å². The maximum atomic E-state index is 2.48. The Morgan fingerprint density at radius 1 is 0.333 bits per heavy atom. The van der Waals surface area contributed by atoms with Crippen LogP contribution in [-0.4, -0.2) is 14.1 Å². The van der Waals surface area contributed by atoms with Crippen molar-refractivity contribution in [3.63, 3.8) is 0 Å². The molecule has 0 spiro atoms. The Labute approximate surface area is 179 Å². The van der Waals surface area contributed by atoms with Crippen molar-refractivity contribution < 1.29 is 0 Å². The highest BCUT2D eigenvalue weighted by molar-refractivity contribution is 6.58. The summed E-state index contributed by atoms with van der Waals surface area (Å²) in [6.45, 7) is 7.09. The molecular formula is C26H55Al. The Bertz CT molecular complexity index is 227. The summed E-state index contributed by atoms with van der Waals surface area (Å²) in [6, 6.07) is 0. The zero-order chi connectivity index (χ0) is 19.8. The zero-order valence-corrected chi connectivity index (χ0v) is 21.0. The van der Waals surface area contributed by atoms with Crippen LogP contribution in [0.25, 0.3) is 0 Å². The average Bonchev–Trinajstić information content (AvgIpc) is 2.69. The molecule has 0 aromatic rings. The smallest absolute Gasteiger partial charge is 0.0967 e. The average molecular weight is 395 g/mol. The minimum absolute atomic E-state index is 0.369. The van der Waals surface area contributed by atoms with Crippen LogP contribution in [0, 0.1) is 0 Å². The van der Waals surface area contributed by atoms with E-state index in [1.807, 2.05) is 0 Å². The van der Waals surface area contributed by atoms with Crippen molar-refractivity contribution in [2.24, 2.45) is 0 Å². The van der Waals surface area contributed by atoms with Crippen molar-refractivity contribution in [1.29, 1.82) is 0 Å². The lowest BCUT2D eigenvalue weighted by Crippen LogP contribution is -2.10. The summed E-state index contributed by atoms with van der Waals surface area (Å²) in [5, 5.41) is 4.84. The van der Waals surface area contributed by atoms with Gasteiger partial charge in [0.15, 0.2) is 0 Å². The normalized spacial score (nSPS) is 11.2. The summed E-state index contributed by atoms with van der Waals surface area (Å²) in [6.07, 6.45) is 29.7. The van der Waals surface area contributed by atoms with Gasteiger partial charge in [-0.25, -0.2) is 0 Å². The lowest BCUT2D eigenvalue weighted by Gasteiger charge is -2.09. The first-order valence-corrected chi connectivity index (χ1v) is 15.8. The molecule has 0 aromatic heterocycles. The summed E-state index contributed by atoms with van der Waals surface area (Å²) in [5.74, 6) is 0. The standard InChI is InChI=1S/2C12H25.C2H5.Al/c2*1-3-5-7-9-11-12-10-8-6-4-2;1-2;/h2*1,3-12H2,2H3;1H2,2H3;. The summed E-state index contributed by atoms with van der Waals surface area (Å²) in [4.78, 5) is 0. The highest BCUT2D eigenvalue weighted by Gasteiger charge is 2.13. The molecule has 0 saturated heterocycles. The molecule has 0 bridgehead atoms. The topological polar surface area (TPSA) is 0 Å². The molecule has 0 unspecified atom stereocenters. The Morgan fingerprint density at radius 2 is 0.593 bits per heavy atom. The highest BCUT2D eigenvalue weighted by Crippen LogP contribution is 2.18. The van der Waals surface area contributed by atoms with Gasteiger partial charge >= 0.3 is 0 Å².